The lowest BCUT2D eigenvalue weighted by Gasteiger charge is -2.32. The van der Waals surface area contributed by atoms with Crippen molar-refractivity contribution in [3.05, 3.63) is 34.3 Å². The molecule has 0 bridgehead atoms. The fraction of sp³-hybridized carbons (Fsp3) is 0.562. The highest BCUT2D eigenvalue weighted by atomic mass is 79.9. The minimum absolute atomic E-state index is 0.173. The lowest BCUT2D eigenvalue weighted by atomic mass is 10.1. The van der Waals surface area contributed by atoms with Gasteiger partial charge in [-0.25, -0.2) is 0 Å². The van der Waals surface area contributed by atoms with Gasteiger partial charge in [0.25, 0.3) is 0 Å². The fourth-order valence-electron chi connectivity index (χ4n) is 2.68. The number of hydrogen-bond donors (Lipinski definition) is 1. The maximum absolute atomic E-state index is 12.4. The molecule has 0 saturated carbocycles. The van der Waals surface area contributed by atoms with Gasteiger partial charge >= 0.3 is 0 Å². The van der Waals surface area contributed by atoms with E-state index in [0.29, 0.717) is 19.1 Å². The molecule has 1 saturated heterocycles. The molecule has 0 radical (unpaired) electrons. The largest absolute Gasteiger partial charge is 0.340 e. The van der Waals surface area contributed by atoms with E-state index >= 15 is 0 Å². The highest BCUT2D eigenvalue weighted by molar-refractivity contribution is 9.10. The number of nitrogens with one attached hydrogen (secondary N) is 1. The quantitative estimate of drug-likeness (QED) is 0.880. The number of nitrogens with zero attached hydrogens (tertiary/aromatic N) is 2. The predicted octanol–water partition coefficient (Wildman–Crippen LogP) is 2.09. The van der Waals surface area contributed by atoms with E-state index in [9.17, 15) is 4.79 Å². The first-order chi connectivity index (χ1) is 10.1. The van der Waals surface area contributed by atoms with Crippen LogP contribution in [0.5, 0.6) is 0 Å². The van der Waals surface area contributed by atoms with Gasteiger partial charge in [-0.15, -0.1) is 0 Å². The number of amides is 1. The summed E-state index contributed by atoms with van der Waals surface area (Å²) in [6.45, 7) is 3.23. The molecule has 21 heavy (non-hydrogen) atoms. The van der Waals surface area contributed by atoms with E-state index in [1.807, 2.05) is 31.3 Å². The Labute approximate surface area is 135 Å². The minimum atomic E-state index is 0.173. The van der Waals surface area contributed by atoms with Crippen molar-refractivity contribution < 1.29 is 4.79 Å². The molecule has 0 atom stereocenters. The second kappa shape index (κ2) is 7.92. The summed E-state index contributed by atoms with van der Waals surface area (Å²) in [4.78, 5) is 16.4. The van der Waals surface area contributed by atoms with Crippen LogP contribution < -0.4 is 5.32 Å². The number of benzene rings is 1. The summed E-state index contributed by atoms with van der Waals surface area (Å²) in [6.07, 6.45) is 2.25. The summed E-state index contributed by atoms with van der Waals surface area (Å²) in [7, 11) is 3.93. The molecule has 1 aliphatic heterocycles. The molecule has 1 heterocycles. The van der Waals surface area contributed by atoms with Crippen LogP contribution >= 0.6 is 15.9 Å². The van der Waals surface area contributed by atoms with Gasteiger partial charge in [-0.2, -0.15) is 0 Å². The Morgan fingerprint density at radius 3 is 2.62 bits per heavy atom. The van der Waals surface area contributed by atoms with Gasteiger partial charge in [0.1, 0.15) is 0 Å². The summed E-state index contributed by atoms with van der Waals surface area (Å²) in [5, 5.41) is 3.36. The molecule has 1 amide bonds. The molecule has 0 aromatic heterocycles. The van der Waals surface area contributed by atoms with E-state index in [0.717, 1.165) is 36.0 Å². The molecule has 116 valence electrons. The Morgan fingerprint density at radius 2 is 1.95 bits per heavy atom. The SMILES string of the molecule is CN(Cc1ccccc1Br)C(=O)CN(C)C1CCNCC1. The Balaban J connectivity index is 1.86. The first-order valence-electron chi connectivity index (χ1n) is 7.46. The van der Waals surface area contributed by atoms with Crippen molar-refractivity contribution in [1.29, 1.82) is 0 Å². The Morgan fingerprint density at radius 1 is 1.29 bits per heavy atom. The molecule has 0 unspecified atom stereocenters. The molecule has 0 spiro atoms. The number of halogens is 1. The van der Waals surface area contributed by atoms with Crippen LogP contribution in [-0.2, 0) is 11.3 Å². The fourth-order valence-corrected chi connectivity index (χ4v) is 3.09. The summed E-state index contributed by atoms with van der Waals surface area (Å²) in [5.41, 5.74) is 1.14. The van der Waals surface area contributed by atoms with Crippen LogP contribution in [-0.4, -0.2) is 55.5 Å². The van der Waals surface area contributed by atoms with E-state index in [2.05, 4.69) is 33.2 Å². The van der Waals surface area contributed by atoms with E-state index in [4.69, 9.17) is 0 Å². The molecule has 0 aliphatic carbocycles. The predicted molar refractivity (Wildman–Crippen MR) is 89.1 cm³/mol. The first-order valence-corrected chi connectivity index (χ1v) is 8.25. The standard InChI is InChI=1S/C16H24BrN3O/c1-19(14-7-9-18-10-8-14)12-16(21)20(2)11-13-5-3-4-6-15(13)17/h3-6,14,18H,7-12H2,1-2H3. The normalized spacial score (nSPS) is 16.2. The molecule has 1 aromatic rings. The summed E-state index contributed by atoms with van der Waals surface area (Å²) in [6, 6.07) is 8.56. The van der Waals surface area contributed by atoms with Crippen LogP contribution in [0.4, 0.5) is 0 Å². The zero-order valence-electron chi connectivity index (χ0n) is 12.8. The van der Waals surface area contributed by atoms with E-state index in [1.54, 1.807) is 4.90 Å². The third kappa shape index (κ3) is 4.80. The number of rotatable bonds is 5. The van der Waals surface area contributed by atoms with Crippen molar-refractivity contribution in [2.75, 3.05) is 33.7 Å². The van der Waals surface area contributed by atoms with Crippen molar-refractivity contribution in [3.63, 3.8) is 0 Å². The van der Waals surface area contributed by atoms with Crippen LogP contribution in [0.3, 0.4) is 0 Å². The van der Waals surface area contributed by atoms with Crippen molar-refractivity contribution in [2.45, 2.75) is 25.4 Å². The summed E-state index contributed by atoms with van der Waals surface area (Å²) >= 11 is 3.53. The van der Waals surface area contributed by atoms with E-state index < -0.39 is 0 Å². The maximum atomic E-state index is 12.4. The zero-order valence-corrected chi connectivity index (χ0v) is 14.4. The van der Waals surface area contributed by atoms with Gasteiger partial charge in [-0.1, -0.05) is 34.1 Å². The topological polar surface area (TPSA) is 35.6 Å². The van der Waals surface area contributed by atoms with Gasteiger partial charge < -0.3 is 10.2 Å². The molecule has 1 fully saturated rings. The van der Waals surface area contributed by atoms with Gasteiger partial charge in [0.05, 0.1) is 6.54 Å². The highest BCUT2D eigenvalue weighted by Crippen LogP contribution is 2.17. The van der Waals surface area contributed by atoms with Crippen LogP contribution in [0.25, 0.3) is 0 Å². The number of piperidine rings is 1. The second-order valence-corrected chi connectivity index (χ2v) is 6.59. The number of hydrogen-bond acceptors (Lipinski definition) is 3. The van der Waals surface area contributed by atoms with Gasteiger partial charge in [0, 0.05) is 24.1 Å². The van der Waals surface area contributed by atoms with E-state index in [-0.39, 0.29) is 5.91 Å². The Bertz CT molecular complexity index is 474. The minimum Gasteiger partial charge on any atom is -0.340 e. The zero-order chi connectivity index (χ0) is 15.2. The van der Waals surface area contributed by atoms with Crippen molar-refractivity contribution in [1.82, 2.24) is 15.1 Å². The lowest BCUT2D eigenvalue weighted by molar-refractivity contribution is -0.132. The molecule has 1 aromatic carbocycles. The van der Waals surface area contributed by atoms with Gasteiger partial charge in [0.15, 0.2) is 0 Å². The monoisotopic (exact) mass is 353 g/mol. The van der Waals surface area contributed by atoms with Crippen molar-refractivity contribution >= 4 is 21.8 Å². The van der Waals surface area contributed by atoms with Gasteiger partial charge in [-0.05, 0) is 44.6 Å². The Kier molecular flexibility index (Phi) is 6.21. The van der Waals surface area contributed by atoms with Gasteiger partial charge in [-0.3, -0.25) is 9.69 Å². The molecule has 2 rings (SSSR count). The van der Waals surface area contributed by atoms with Crippen LogP contribution in [0.1, 0.15) is 18.4 Å². The first kappa shape index (κ1) is 16.5. The van der Waals surface area contributed by atoms with Crippen molar-refractivity contribution in [2.24, 2.45) is 0 Å². The molecule has 4 nitrogen and oxygen atoms in total. The third-order valence-corrected chi connectivity index (χ3v) is 4.88. The van der Waals surface area contributed by atoms with Crippen molar-refractivity contribution in [3.8, 4) is 0 Å². The smallest absolute Gasteiger partial charge is 0.236 e. The molecular weight excluding hydrogens is 330 g/mol. The van der Waals surface area contributed by atoms with Gasteiger partial charge in [0.2, 0.25) is 5.91 Å². The van der Waals surface area contributed by atoms with Crippen LogP contribution in [0.15, 0.2) is 28.7 Å². The Hall–Kier alpha value is -0.910. The summed E-state index contributed by atoms with van der Waals surface area (Å²) < 4.78 is 1.05. The molecular formula is C16H24BrN3O. The number of carbonyl (C=O) groups excluding carboxylic acids is 1. The van der Waals surface area contributed by atoms with Crippen LogP contribution in [0, 0.1) is 0 Å². The molecule has 5 heteroatoms. The summed E-state index contributed by atoms with van der Waals surface area (Å²) in [5.74, 6) is 0.173. The number of carbonyl (C=O) groups is 1. The maximum Gasteiger partial charge on any atom is 0.236 e. The third-order valence-electron chi connectivity index (χ3n) is 4.11. The lowest BCUT2D eigenvalue weighted by Crippen LogP contribution is -2.45. The number of likely N-dealkylation sites (N-methyl/N-ethyl adjacent to an activating group) is 2. The van der Waals surface area contributed by atoms with E-state index in [1.165, 1.54) is 0 Å². The average molecular weight is 354 g/mol. The molecule has 1 N–H and O–H groups in total. The second-order valence-electron chi connectivity index (χ2n) is 5.74. The highest BCUT2D eigenvalue weighted by Gasteiger charge is 2.21. The van der Waals surface area contributed by atoms with Crippen LogP contribution in [0.2, 0.25) is 0 Å². The molecule has 1 aliphatic rings. The average Bonchev–Trinajstić information content (AvgIpc) is 2.50.